The molecule has 0 aromatic carbocycles. The molecular weight excluding hydrogens is 176 g/mol. The van der Waals surface area contributed by atoms with Gasteiger partial charge in [0.05, 0.1) is 0 Å². The van der Waals surface area contributed by atoms with Crippen LogP contribution in [0.5, 0.6) is 0 Å². The van der Waals surface area contributed by atoms with E-state index in [0.717, 1.165) is 18.8 Å². The molecule has 1 heterocycles. The minimum Gasteiger partial charge on any atom is -0.330 e. The number of aromatic nitrogens is 3. The van der Waals surface area contributed by atoms with Gasteiger partial charge in [0.25, 0.3) is 0 Å². The van der Waals surface area contributed by atoms with Crippen molar-refractivity contribution in [3.8, 4) is 0 Å². The Labute approximate surface area is 84.5 Å². The van der Waals surface area contributed by atoms with Gasteiger partial charge in [0.2, 0.25) is 0 Å². The van der Waals surface area contributed by atoms with E-state index in [1.807, 2.05) is 11.7 Å². The van der Waals surface area contributed by atoms with Crippen molar-refractivity contribution in [2.24, 2.45) is 18.2 Å². The summed E-state index contributed by atoms with van der Waals surface area (Å²) in [6, 6.07) is 0. The first kappa shape index (κ1) is 9.65. The number of aryl methyl sites for hydroxylation is 1. The van der Waals surface area contributed by atoms with Crippen LogP contribution in [0.15, 0.2) is 6.33 Å². The molecule has 1 aromatic rings. The molecule has 1 aliphatic carbocycles. The summed E-state index contributed by atoms with van der Waals surface area (Å²) >= 11 is 0. The highest BCUT2D eigenvalue weighted by Crippen LogP contribution is 2.39. The summed E-state index contributed by atoms with van der Waals surface area (Å²) in [5, 5.41) is 4.09. The van der Waals surface area contributed by atoms with Gasteiger partial charge in [-0.2, -0.15) is 5.10 Å². The Kier molecular flexibility index (Phi) is 2.54. The zero-order valence-electron chi connectivity index (χ0n) is 8.74. The lowest BCUT2D eigenvalue weighted by Gasteiger charge is -2.26. The highest BCUT2D eigenvalue weighted by atomic mass is 15.3. The third kappa shape index (κ3) is 1.66. The second kappa shape index (κ2) is 3.69. The van der Waals surface area contributed by atoms with Crippen molar-refractivity contribution in [3.63, 3.8) is 0 Å². The topological polar surface area (TPSA) is 56.7 Å². The highest BCUT2D eigenvalue weighted by molar-refractivity contribution is 4.96. The number of hydrogen-bond acceptors (Lipinski definition) is 3. The molecule has 0 bridgehead atoms. The molecule has 2 N–H and O–H groups in total. The average Bonchev–Trinajstić information content (AvgIpc) is 2.79. The summed E-state index contributed by atoms with van der Waals surface area (Å²) in [6.45, 7) is 0.778. The van der Waals surface area contributed by atoms with Crippen molar-refractivity contribution < 1.29 is 0 Å². The predicted molar refractivity (Wildman–Crippen MR) is 54.7 cm³/mol. The number of nitrogens with two attached hydrogens (primary N) is 1. The average molecular weight is 194 g/mol. The van der Waals surface area contributed by atoms with E-state index >= 15 is 0 Å². The molecule has 0 unspecified atom stereocenters. The molecular formula is C10H18N4. The molecule has 4 heteroatoms. The van der Waals surface area contributed by atoms with Gasteiger partial charge in [0.15, 0.2) is 0 Å². The van der Waals surface area contributed by atoms with Crippen LogP contribution in [-0.2, 0) is 13.5 Å². The predicted octanol–water partition coefficient (Wildman–Crippen LogP) is 0.877. The van der Waals surface area contributed by atoms with Crippen molar-refractivity contribution in [3.05, 3.63) is 12.2 Å². The third-order valence-electron chi connectivity index (χ3n) is 3.44. The van der Waals surface area contributed by atoms with Gasteiger partial charge in [-0.05, 0) is 24.8 Å². The van der Waals surface area contributed by atoms with Crippen LogP contribution < -0.4 is 5.73 Å². The van der Waals surface area contributed by atoms with Gasteiger partial charge in [0.1, 0.15) is 12.2 Å². The minimum absolute atomic E-state index is 0.306. The van der Waals surface area contributed by atoms with Gasteiger partial charge >= 0.3 is 0 Å². The second-order valence-electron chi connectivity index (χ2n) is 4.39. The maximum atomic E-state index is 5.88. The fourth-order valence-corrected chi connectivity index (χ4v) is 2.39. The first-order valence-electron chi connectivity index (χ1n) is 5.29. The Balaban J connectivity index is 2.12. The zero-order valence-corrected chi connectivity index (χ0v) is 8.74. The van der Waals surface area contributed by atoms with Crippen LogP contribution in [0.2, 0.25) is 0 Å². The first-order chi connectivity index (χ1) is 6.76. The van der Waals surface area contributed by atoms with Crippen molar-refractivity contribution >= 4 is 0 Å². The molecule has 78 valence electrons. The van der Waals surface area contributed by atoms with Crippen LogP contribution in [0, 0.1) is 5.41 Å². The molecule has 0 spiro atoms. The second-order valence-corrected chi connectivity index (χ2v) is 4.39. The van der Waals surface area contributed by atoms with Gasteiger partial charge in [-0.1, -0.05) is 12.8 Å². The quantitative estimate of drug-likeness (QED) is 0.777. The summed E-state index contributed by atoms with van der Waals surface area (Å²) in [4.78, 5) is 4.27. The summed E-state index contributed by atoms with van der Waals surface area (Å²) < 4.78 is 1.86. The highest BCUT2D eigenvalue weighted by Gasteiger charge is 2.33. The maximum absolute atomic E-state index is 5.88. The molecule has 0 atom stereocenters. The summed E-state index contributed by atoms with van der Waals surface area (Å²) in [6.07, 6.45) is 7.73. The van der Waals surface area contributed by atoms with E-state index in [4.69, 9.17) is 5.73 Å². The molecule has 14 heavy (non-hydrogen) atoms. The monoisotopic (exact) mass is 194 g/mol. The molecule has 0 amide bonds. The number of hydrogen-bond donors (Lipinski definition) is 1. The smallest absolute Gasteiger partial charge is 0.138 e. The molecule has 0 radical (unpaired) electrons. The Morgan fingerprint density at radius 2 is 2.21 bits per heavy atom. The van der Waals surface area contributed by atoms with Gasteiger partial charge in [-0.3, -0.25) is 4.68 Å². The van der Waals surface area contributed by atoms with Crippen molar-refractivity contribution in [1.82, 2.24) is 14.8 Å². The Hall–Kier alpha value is -0.900. The summed E-state index contributed by atoms with van der Waals surface area (Å²) in [7, 11) is 1.95. The van der Waals surface area contributed by atoms with E-state index in [1.54, 1.807) is 6.33 Å². The number of nitrogens with zero attached hydrogens (tertiary/aromatic N) is 3. The van der Waals surface area contributed by atoms with E-state index in [1.165, 1.54) is 25.7 Å². The van der Waals surface area contributed by atoms with Crippen LogP contribution in [0.1, 0.15) is 31.5 Å². The lowest BCUT2D eigenvalue weighted by molar-refractivity contribution is 0.296. The first-order valence-corrected chi connectivity index (χ1v) is 5.29. The third-order valence-corrected chi connectivity index (χ3v) is 3.44. The standard InChI is InChI=1S/C10H18N4/c1-14-9(12-8-13-14)6-10(7-11)4-2-3-5-10/h8H,2-7,11H2,1H3. The fraction of sp³-hybridized carbons (Fsp3) is 0.800. The van der Waals surface area contributed by atoms with Crippen molar-refractivity contribution in [2.75, 3.05) is 6.54 Å². The molecule has 4 nitrogen and oxygen atoms in total. The Bertz CT molecular complexity index is 299. The molecule has 2 rings (SSSR count). The molecule has 1 aliphatic rings. The van der Waals surface area contributed by atoms with Gasteiger partial charge in [0, 0.05) is 13.5 Å². The van der Waals surface area contributed by atoms with Crippen LogP contribution in [0.4, 0.5) is 0 Å². The fourth-order valence-electron chi connectivity index (χ4n) is 2.39. The summed E-state index contributed by atoms with van der Waals surface area (Å²) in [5.74, 6) is 1.07. The van der Waals surface area contributed by atoms with Crippen LogP contribution in [0.3, 0.4) is 0 Å². The molecule has 1 saturated carbocycles. The van der Waals surface area contributed by atoms with Crippen LogP contribution >= 0.6 is 0 Å². The van der Waals surface area contributed by atoms with E-state index < -0.39 is 0 Å². The van der Waals surface area contributed by atoms with Crippen LogP contribution in [-0.4, -0.2) is 21.3 Å². The van der Waals surface area contributed by atoms with Crippen LogP contribution in [0.25, 0.3) is 0 Å². The molecule has 0 aliphatic heterocycles. The largest absolute Gasteiger partial charge is 0.330 e. The normalized spacial score (nSPS) is 20.1. The van der Waals surface area contributed by atoms with Gasteiger partial charge in [-0.15, -0.1) is 0 Å². The summed E-state index contributed by atoms with van der Waals surface area (Å²) in [5.41, 5.74) is 6.18. The molecule has 1 aromatic heterocycles. The number of rotatable bonds is 3. The van der Waals surface area contributed by atoms with E-state index in [2.05, 4.69) is 10.1 Å². The molecule has 1 fully saturated rings. The minimum atomic E-state index is 0.306. The maximum Gasteiger partial charge on any atom is 0.138 e. The zero-order chi connectivity index (χ0) is 10.0. The Morgan fingerprint density at radius 3 is 2.71 bits per heavy atom. The van der Waals surface area contributed by atoms with E-state index in [-0.39, 0.29) is 0 Å². The van der Waals surface area contributed by atoms with Gasteiger partial charge in [-0.25, -0.2) is 4.98 Å². The van der Waals surface area contributed by atoms with Crippen molar-refractivity contribution in [2.45, 2.75) is 32.1 Å². The van der Waals surface area contributed by atoms with Gasteiger partial charge < -0.3 is 5.73 Å². The SMILES string of the molecule is Cn1ncnc1CC1(CN)CCCC1. The van der Waals surface area contributed by atoms with Crippen molar-refractivity contribution in [1.29, 1.82) is 0 Å². The molecule has 0 saturated heterocycles. The lowest BCUT2D eigenvalue weighted by Crippen LogP contribution is -2.30. The van der Waals surface area contributed by atoms with E-state index in [0.29, 0.717) is 5.41 Å². The Morgan fingerprint density at radius 1 is 1.50 bits per heavy atom. The lowest BCUT2D eigenvalue weighted by atomic mass is 9.82. The van der Waals surface area contributed by atoms with E-state index in [9.17, 15) is 0 Å².